The predicted molar refractivity (Wildman–Crippen MR) is 123 cm³/mol. The highest BCUT2D eigenvalue weighted by Crippen LogP contribution is 2.37. The number of nitriles is 1. The third kappa shape index (κ3) is 4.47. The maximum Gasteiger partial charge on any atom is 0.317 e. The lowest BCUT2D eigenvalue weighted by molar-refractivity contribution is 0.0665. The number of piperazine rings is 1. The third-order valence-electron chi connectivity index (χ3n) is 6.75. The number of nitrogens with one attached hydrogen (secondary N) is 1. The molecule has 0 spiro atoms. The van der Waals surface area contributed by atoms with E-state index in [4.69, 9.17) is 0 Å². The summed E-state index contributed by atoms with van der Waals surface area (Å²) in [6, 6.07) is 4.33. The van der Waals surface area contributed by atoms with Crippen LogP contribution in [0.25, 0.3) is 10.9 Å². The quantitative estimate of drug-likeness (QED) is 0.744. The molecule has 0 aliphatic carbocycles. The molecule has 10 heteroatoms. The van der Waals surface area contributed by atoms with E-state index in [0.29, 0.717) is 75.3 Å². The molecular weight excluding hydrogens is 442 g/mol. The van der Waals surface area contributed by atoms with E-state index >= 15 is 0 Å². The van der Waals surface area contributed by atoms with Crippen LogP contribution in [0.3, 0.4) is 0 Å². The largest absolute Gasteiger partial charge is 0.370 e. The number of halogens is 2. The second-order valence-electron chi connectivity index (χ2n) is 9.08. The van der Waals surface area contributed by atoms with Crippen molar-refractivity contribution in [2.45, 2.75) is 26.7 Å². The minimum absolute atomic E-state index is 0.158. The lowest BCUT2D eigenvalue weighted by Gasteiger charge is -2.39. The summed E-state index contributed by atoms with van der Waals surface area (Å²) in [5.74, 6) is -2.27. The normalized spacial score (nSPS) is 18.0. The van der Waals surface area contributed by atoms with Crippen molar-refractivity contribution in [3.8, 4) is 6.07 Å². The SMILES string of the molecule is CCNC(=O)N1CCN(C(=O)c2cnc3cc(F)c(F)cc3c2N2CCC(C)(C#N)CC2)CC1. The van der Waals surface area contributed by atoms with E-state index in [-0.39, 0.29) is 17.5 Å². The van der Waals surface area contributed by atoms with Crippen molar-refractivity contribution in [3.63, 3.8) is 0 Å². The van der Waals surface area contributed by atoms with Gasteiger partial charge in [-0.25, -0.2) is 13.6 Å². The fraction of sp³-hybridized carbons (Fsp3) is 0.500. The summed E-state index contributed by atoms with van der Waals surface area (Å²) in [5.41, 5.74) is 0.627. The number of amides is 3. The van der Waals surface area contributed by atoms with Crippen molar-refractivity contribution < 1.29 is 18.4 Å². The summed E-state index contributed by atoms with van der Waals surface area (Å²) in [6.45, 7) is 6.82. The molecule has 0 bridgehead atoms. The first-order valence-corrected chi connectivity index (χ1v) is 11.5. The van der Waals surface area contributed by atoms with Crippen molar-refractivity contribution in [1.29, 1.82) is 5.26 Å². The zero-order valence-electron chi connectivity index (χ0n) is 19.4. The Morgan fingerprint density at radius 1 is 1.09 bits per heavy atom. The van der Waals surface area contributed by atoms with Crippen molar-refractivity contribution in [2.75, 3.05) is 50.7 Å². The fourth-order valence-corrected chi connectivity index (χ4v) is 4.55. The maximum atomic E-state index is 14.2. The number of anilines is 1. The second kappa shape index (κ2) is 9.41. The fourth-order valence-electron chi connectivity index (χ4n) is 4.55. The summed E-state index contributed by atoms with van der Waals surface area (Å²) in [4.78, 5) is 35.2. The summed E-state index contributed by atoms with van der Waals surface area (Å²) in [7, 11) is 0. The van der Waals surface area contributed by atoms with E-state index in [1.807, 2.05) is 18.7 Å². The average Bonchev–Trinajstić information content (AvgIpc) is 2.85. The first-order chi connectivity index (χ1) is 16.3. The first kappa shape index (κ1) is 23.7. The van der Waals surface area contributed by atoms with Gasteiger partial charge in [-0.3, -0.25) is 9.78 Å². The number of urea groups is 1. The van der Waals surface area contributed by atoms with Crippen LogP contribution in [0.1, 0.15) is 37.0 Å². The van der Waals surface area contributed by atoms with Crippen LogP contribution in [0.15, 0.2) is 18.3 Å². The average molecular weight is 471 g/mol. The molecule has 0 atom stereocenters. The highest BCUT2D eigenvalue weighted by Gasteiger charge is 2.34. The Morgan fingerprint density at radius 3 is 2.32 bits per heavy atom. The van der Waals surface area contributed by atoms with Crippen LogP contribution in [-0.4, -0.2) is 72.5 Å². The number of carbonyl (C=O) groups is 2. The van der Waals surface area contributed by atoms with Gasteiger partial charge in [0.25, 0.3) is 5.91 Å². The van der Waals surface area contributed by atoms with E-state index in [2.05, 4.69) is 16.4 Å². The van der Waals surface area contributed by atoms with Crippen LogP contribution >= 0.6 is 0 Å². The minimum atomic E-state index is -1.01. The molecule has 1 aromatic heterocycles. The molecule has 4 rings (SSSR count). The minimum Gasteiger partial charge on any atom is -0.370 e. The summed E-state index contributed by atoms with van der Waals surface area (Å²) in [5, 5.41) is 12.6. The summed E-state index contributed by atoms with van der Waals surface area (Å²) >= 11 is 0. The zero-order chi connectivity index (χ0) is 24.5. The molecule has 8 nitrogen and oxygen atoms in total. The number of hydrogen-bond acceptors (Lipinski definition) is 5. The third-order valence-corrected chi connectivity index (χ3v) is 6.75. The number of pyridine rings is 1. The van der Waals surface area contributed by atoms with Crippen LogP contribution < -0.4 is 10.2 Å². The van der Waals surface area contributed by atoms with Crippen LogP contribution in [0.4, 0.5) is 19.3 Å². The van der Waals surface area contributed by atoms with Gasteiger partial charge in [0.2, 0.25) is 0 Å². The molecule has 3 amide bonds. The van der Waals surface area contributed by atoms with Crippen LogP contribution in [0.2, 0.25) is 0 Å². The van der Waals surface area contributed by atoms with Gasteiger partial charge in [-0.2, -0.15) is 5.26 Å². The van der Waals surface area contributed by atoms with Crippen LogP contribution in [0.5, 0.6) is 0 Å². The summed E-state index contributed by atoms with van der Waals surface area (Å²) in [6.07, 6.45) is 2.61. The molecule has 2 fully saturated rings. The van der Waals surface area contributed by atoms with Gasteiger partial charge in [-0.05, 0) is 32.8 Å². The highest BCUT2D eigenvalue weighted by atomic mass is 19.2. The van der Waals surface area contributed by atoms with Gasteiger partial charge in [0, 0.05) is 63.5 Å². The number of aromatic nitrogens is 1. The number of benzene rings is 1. The van der Waals surface area contributed by atoms with Gasteiger partial charge in [-0.15, -0.1) is 0 Å². The molecule has 3 heterocycles. The lowest BCUT2D eigenvalue weighted by atomic mass is 9.81. The van der Waals surface area contributed by atoms with E-state index < -0.39 is 17.0 Å². The van der Waals surface area contributed by atoms with Crippen molar-refractivity contribution >= 4 is 28.5 Å². The lowest BCUT2D eigenvalue weighted by Crippen LogP contribution is -2.53. The molecule has 0 radical (unpaired) electrons. The number of carbonyl (C=O) groups excluding carboxylic acids is 2. The second-order valence-corrected chi connectivity index (χ2v) is 9.08. The Hall–Kier alpha value is -3.48. The van der Waals surface area contributed by atoms with Gasteiger partial charge in [0.15, 0.2) is 11.6 Å². The van der Waals surface area contributed by atoms with E-state index in [1.165, 1.54) is 6.20 Å². The van der Waals surface area contributed by atoms with Crippen LogP contribution in [-0.2, 0) is 0 Å². The Bertz CT molecular complexity index is 1150. The van der Waals surface area contributed by atoms with E-state index in [0.717, 1.165) is 12.1 Å². The monoisotopic (exact) mass is 470 g/mol. The Balaban J connectivity index is 1.67. The predicted octanol–water partition coefficient (Wildman–Crippen LogP) is 3.13. The topological polar surface area (TPSA) is 92.6 Å². The van der Waals surface area contributed by atoms with Crippen molar-refractivity contribution in [2.24, 2.45) is 5.41 Å². The molecular formula is C24H28F2N6O2. The molecule has 0 unspecified atom stereocenters. The molecule has 2 aliphatic rings. The van der Waals surface area contributed by atoms with E-state index in [9.17, 15) is 23.6 Å². The number of hydrogen-bond donors (Lipinski definition) is 1. The number of rotatable bonds is 3. The van der Waals surface area contributed by atoms with Gasteiger partial charge in [-0.1, -0.05) is 0 Å². The van der Waals surface area contributed by atoms with Gasteiger partial charge < -0.3 is 20.0 Å². The Labute approximate surface area is 197 Å². The standard InChI is InChI=1S/C24H28F2N6O2/c1-3-28-23(34)32-10-8-31(9-11-32)22(33)17-14-29-20-13-19(26)18(25)12-16(20)21(17)30-6-4-24(2,15-27)5-7-30/h12-14H,3-11H2,1-2H3,(H,28,34). The van der Waals surface area contributed by atoms with Gasteiger partial charge in [0.1, 0.15) is 0 Å². The van der Waals surface area contributed by atoms with Crippen molar-refractivity contribution in [3.05, 3.63) is 35.5 Å². The van der Waals surface area contributed by atoms with E-state index in [1.54, 1.807) is 9.80 Å². The highest BCUT2D eigenvalue weighted by molar-refractivity contribution is 6.07. The first-order valence-electron chi connectivity index (χ1n) is 11.5. The van der Waals surface area contributed by atoms with Gasteiger partial charge >= 0.3 is 6.03 Å². The molecule has 2 saturated heterocycles. The Morgan fingerprint density at radius 2 is 1.71 bits per heavy atom. The van der Waals surface area contributed by atoms with Gasteiger partial charge in [0.05, 0.1) is 28.3 Å². The molecule has 2 aromatic rings. The maximum absolute atomic E-state index is 14.2. The van der Waals surface area contributed by atoms with Crippen molar-refractivity contribution in [1.82, 2.24) is 20.1 Å². The molecule has 34 heavy (non-hydrogen) atoms. The zero-order valence-corrected chi connectivity index (χ0v) is 19.4. The molecule has 1 N–H and O–H groups in total. The molecule has 2 aliphatic heterocycles. The molecule has 0 saturated carbocycles. The molecule has 1 aromatic carbocycles. The summed E-state index contributed by atoms with van der Waals surface area (Å²) < 4.78 is 28.1. The van der Waals surface area contributed by atoms with Crippen LogP contribution in [0, 0.1) is 28.4 Å². The molecule has 180 valence electrons. The smallest absolute Gasteiger partial charge is 0.317 e. The number of nitrogens with zero attached hydrogens (tertiary/aromatic N) is 5. The Kier molecular flexibility index (Phi) is 6.55. The number of piperidine rings is 1. The number of fused-ring (bicyclic) bond motifs is 1.